The Labute approximate surface area is 102 Å². The Morgan fingerprint density at radius 2 is 2.06 bits per heavy atom. The third-order valence-electron chi connectivity index (χ3n) is 3.17. The monoisotopic (exact) mass is 233 g/mol. The van der Waals surface area contributed by atoms with Crippen LogP contribution in [0.2, 0.25) is 0 Å². The van der Waals surface area contributed by atoms with E-state index in [2.05, 4.69) is 11.8 Å². The van der Waals surface area contributed by atoms with Crippen LogP contribution in [-0.4, -0.2) is 25.7 Å². The van der Waals surface area contributed by atoms with Crippen molar-refractivity contribution in [2.75, 3.05) is 24.6 Å². The zero-order valence-electron chi connectivity index (χ0n) is 10.5. The Balaban J connectivity index is 2.25. The fourth-order valence-electron chi connectivity index (χ4n) is 2.25. The van der Waals surface area contributed by atoms with Crippen molar-refractivity contribution >= 4 is 11.7 Å². The van der Waals surface area contributed by atoms with Gasteiger partial charge in [0, 0.05) is 18.8 Å². The first-order chi connectivity index (χ1) is 8.22. The summed E-state index contributed by atoms with van der Waals surface area (Å²) in [5, 5.41) is 0. The summed E-state index contributed by atoms with van der Waals surface area (Å²) in [6.07, 6.45) is 2.48. The van der Waals surface area contributed by atoms with Crippen molar-refractivity contribution in [3.05, 3.63) is 29.3 Å². The van der Waals surface area contributed by atoms with Gasteiger partial charge >= 0.3 is 5.97 Å². The molecule has 0 aromatic heterocycles. The van der Waals surface area contributed by atoms with Crippen molar-refractivity contribution in [2.24, 2.45) is 0 Å². The number of esters is 1. The van der Waals surface area contributed by atoms with Crippen molar-refractivity contribution in [3.63, 3.8) is 0 Å². The maximum Gasteiger partial charge on any atom is 0.338 e. The van der Waals surface area contributed by atoms with E-state index >= 15 is 0 Å². The number of nitrogens with zero attached hydrogens (tertiary/aromatic N) is 1. The van der Waals surface area contributed by atoms with E-state index in [4.69, 9.17) is 4.74 Å². The molecule has 3 nitrogen and oxygen atoms in total. The maximum absolute atomic E-state index is 11.7. The molecule has 92 valence electrons. The average Bonchev–Trinajstić information content (AvgIpc) is 2.83. The summed E-state index contributed by atoms with van der Waals surface area (Å²) < 4.78 is 5.03. The standard InChI is InChI=1S/C14H19NO2/c1-3-17-14(16)12-7-6-11(2)13(10-12)15-8-4-5-9-15/h6-7,10H,3-5,8-9H2,1-2H3. The molecule has 1 aliphatic heterocycles. The van der Waals surface area contributed by atoms with Crippen LogP contribution in [-0.2, 0) is 4.74 Å². The SMILES string of the molecule is CCOC(=O)c1ccc(C)c(N2CCCC2)c1. The van der Waals surface area contributed by atoms with Crippen LogP contribution >= 0.6 is 0 Å². The summed E-state index contributed by atoms with van der Waals surface area (Å²) in [4.78, 5) is 14.0. The summed E-state index contributed by atoms with van der Waals surface area (Å²) >= 11 is 0. The van der Waals surface area contributed by atoms with Crippen molar-refractivity contribution in [1.82, 2.24) is 0 Å². The van der Waals surface area contributed by atoms with E-state index < -0.39 is 0 Å². The molecule has 1 heterocycles. The number of rotatable bonds is 3. The highest BCUT2D eigenvalue weighted by Crippen LogP contribution is 2.25. The molecule has 0 atom stereocenters. The van der Waals surface area contributed by atoms with Gasteiger partial charge in [0.15, 0.2) is 0 Å². The number of hydrogen-bond donors (Lipinski definition) is 0. The molecular weight excluding hydrogens is 214 g/mol. The van der Waals surface area contributed by atoms with E-state index in [0.29, 0.717) is 12.2 Å². The lowest BCUT2D eigenvalue weighted by molar-refractivity contribution is 0.0526. The van der Waals surface area contributed by atoms with Gasteiger partial charge in [-0.25, -0.2) is 4.79 Å². The third kappa shape index (κ3) is 2.60. The van der Waals surface area contributed by atoms with Crippen LogP contribution in [0.1, 0.15) is 35.7 Å². The van der Waals surface area contributed by atoms with Crippen LogP contribution < -0.4 is 4.90 Å². The number of carbonyl (C=O) groups excluding carboxylic acids is 1. The van der Waals surface area contributed by atoms with E-state index in [0.717, 1.165) is 13.1 Å². The minimum Gasteiger partial charge on any atom is -0.462 e. The number of aryl methyl sites for hydroxylation is 1. The summed E-state index contributed by atoms with van der Waals surface area (Å²) in [6, 6.07) is 5.80. The Bertz CT molecular complexity index is 409. The van der Waals surface area contributed by atoms with Gasteiger partial charge in [-0.3, -0.25) is 0 Å². The molecule has 0 radical (unpaired) electrons. The molecule has 1 aliphatic rings. The summed E-state index contributed by atoms with van der Waals surface area (Å²) in [5.41, 5.74) is 3.05. The summed E-state index contributed by atoms with van der Waals surface area (Å²) in [6.45, 7) is 6.52. The Morgan fingerprint density at radius 3 is 2.71 bits per heavy atom. The lowest BCUT2D eigenvalue weighted by atomic mass is 10.1. The second kappa shape index (κ2) is 5.21. The molecule has 17 heavy (non-hydrogen) atoms. The van der Waals surface area contributed by atoms with Gasteiger partial charge < -0.3 is 9.64 Å². The lowest BCUT2D eigenvalue weighted by Crippen LogP contribution is -2.19. The Kier molecular flexibility index (Phi) is 3.67. The largest absolute Gasteiger partial charge is 0.462 e. The molecule has 0 saturated carbocycles. The molecule has 1 fully saturated rings. The van der Waals surface area contributed by atoms with Crippen molar-refractivity contribution in [1.29, 1.82) is 0 Å². The molecule has 2 rings (SSSR count). The van der Waals surface area contributed by atoms with E-state index in [9.17, 15) is 4.79 Å². The van der Waals surface area contributed by atoms with Crippen molar-refractivity contribution in [3.8, 4) is 0 Å². The number of ether oxygens (including phenoxy) is 1. The smallest absolute Gasteiger partial charge is 0.338 e. The molecule has 3 heteroatoms. The van der Waals surface area contributed by atoms with Gasteiger partial charge in [0.25, 0.3) is 0 Å². The van der Waals surface area contributed by atoms with Crippen LogP contribution in [0.25, 0.3) is 0 Å². The van der Waals surface area contributed by atoms with Crippen LogP contribution in [0, 0.1) is 6.92 Å². The van der Waals surface area contributed by atoms with Crippen LogP contribution in [0.5, 0.6) is 0 Å². The van der Waals surface area contributed by atoms with Gasteiger partial charge in [0.2, 0.25) is 0 Å². The van der Waals surface area contributed by atoms with Gasteiger partial charge in [0.1, 0.15) is 0 Å². The van der Waals surface area contributed by atoms with Gasteiger partial charge in [0.05, 0.1) is 12.2 Å². The molecule has 0 spiro atoms. The van der Waals surface area contributed by atoms with E-state index in [1.165, 1.54) is 24.1 Å². The Morgan fingerprint density at radius 1 is 1.35 bits per heavy atom. The fraction of sp³-hybridized carbons (Fsp3) is 0.500. The zero-order valence-corrected chi connectivity index (χ0v) is 10.5. The second-order valence-electron chi connectivity index (χ2n) is 4.42. The molecule has 0 N–H and O–H groups in total. The van der Waals surface area contributed by atoms with Crippen molar-refractivity contribution in [2.45, 2.75) is 26.7 Å². The molecule has 0 aliphatic carbocycles. The molecule has 0 unspecified atom stereocenters. The van der Waals surface area contributed by atoms with Crippen LogP contribution in [0.15, 0.2) is 18.2 Å². The normalized spacial score (nSPS) is 15.1. The van der Waals surface area contributed by atoms with Crippen LogP contribution in [0.4, 0.5) is 5.69 Å². The van der Waals surface area contributed by atoms with E-state index in [-0.39, 0.29) is 5.97 Å². The minimum absolute atomic E-state index is 0.229. The van der Waals surface area contributed by atoms with Gasteiger partial charge in [-0.2, -0.15) is 0 Å². The Hall–Kier alpha value is -1.51. The highest BCUT2D eigenvalue weighted by atomic mass is 16.5. The van der Waals surface area contributed by atoms with E-state index in [1.54, 1.807) is 0 Å². The predicted octanol–water partition coefficient (Wildman–Crippen LogP) is 2.77. The first kappa shape index (κ1) is 12.0. The molecule has 1 aromatic carbocycles. The molecule has 0 bridgehead atoms. The highest BCUT2D eigenvalue weighted by molar-refractivity contribution is 5.91. The van der Waals surface area contributed by atoms with E-state index in [1.807, 2.05) is 25.1 Å². The zero-order chi connectivity index (χ0) is 12.3. The minimum atomic E-state index is -0.229. The van der Waals surface area contributed by atoms with Gasteiger partial charge in [-0.15, -0.1) is 0 Å². The highest BCUT2D eigenvalue weighted by Gasteiger charge is 2.16. The predicted molar refractivity (Wildman–Crippen MR) is 68.6 cm³/mol. The molecular formula is C14H19NO2. The number of carbonyl (C=O) groups is 1. The number of hydrogen-bond acceptors (Lipinski definition) is 3. The topological polar surface area (TPSA) is 29.5 Å². The number of anilines is 1. The average molecular weight is 233 g/mol. The summed E-state index contributed by atoms with van der Waals surface area (Å²) in [5.74, 6) is -0.229. The summed E-state index contributed by atoms with van der Waals surface area (Å²) in [7, 11) is 0. The van der Waals surface area contributed by atoms with Gasteiger partial charge in [-0.05, 0) is 44.4 Å². The first-order valence-corrected chi connectivity index (χ1v) is 6.25. The number of benzene rings is 1. The van der Waals surface area contributed by atoms with Crippen molar-refractivity contribution < 1.29 is 9.53 Å². The van der Waals surface area contributed by atoms with Crippen LogP contribution in [0.3, 0.4) is 0 Å². The maximum atomic E-state index is 11.7. The lowest BCUT2D eigenvalue weighted by Gasteiger charge is -2.20. The molecule has 1 aromatic rings. The molecule has 0 amide bonds. The quantitative estimate of drug-likeness (QED) is 0.752. The molecule has 1 saturated heterocycles. The first-order valence-electron chi connectivity index (χ1n) is 6.25. The third-order valence-corrected chi connectivity index (χ3v) is 3.17. The second-order valence-corrected chi connectivity index (χ2v) is 4.42. The fourth-order valence-corrected chi connectivity index (χ4v) is 2.25. The van der Waals surface area contributed by atoms with Gasteiger partial charge in [-0.1, -0.05) is 6.07 Å².